The van der Waals surface area contributed by atoms with Crippen molar-refractivity contribution in [3.63, 3.8) is 0 Å². The highest BCUT2D eigenvalue weighted by Crippen LogP contribution is 2.48. The molecule has 2 aliphatic rings. The molecule has 264 valence electrons. The minimum absolute atomic E-state index is 0.0879. The summed E-state index contributed by atoms with van der Waals surface area (Å²) in [6.07, 6.45) is 0.0424. The molecule has 2 aromatic carbocycles. The molecule has 0 radical (unpaired) electrons. The Morgan fingerprint density at radius 1 is 0.532 bits per heavy atom. The van der Waals surface area contributed by atoms with Crippen molar-refractivity contribution in [2.24, 2.45) is 0 Å². The van der Waals surface area contributed by atoms with Crippen LogP contribution < -0.4 is 9.47 Å². The van der Waals surface area contributed by atoms with Crippen LogP contribution in [-0.2, 0) is 46.0 Å². The second-order valence-electron chi connectivity index (χ2n) is 18.3. The third-order valence-corrected chi connectivity index (χ3v) is 9.79. The Kier molecular flexibility index (Phi) is 10.7. The van der Waals surface area contributed by atoms with Gasteiger partial charge in [0.15, 0.2) is 0 Å². The van der Waals surface area contributed by atoms with Gasteiger partial charge in [-0.15, -0.1) is 0 Å². The summed E-state index contributed by atoms with van der Waals surface area (Å²) < 4.78 is 36.1. The quantitative estimate of drug-likeness (QED) is 0.214. The summed E-state index contributed by atoms with van der Waals surface area (Å²) in [5, 5.41) is 0. The first-order valence-electron chi connectivity index (χ1n) is 17.4. The number of hydrogen-bond acceptors (Lipinski definition) is 6. The Bertz CT molecular complexity index is 1210. The van der Waals surface area contributed by atoms with Crippen LogP contribution in [0.15, 0.2) is 24.3 Å². The summed E-state index contributed by atoms with van der Waals surface area (Å²) >= 11 is 0. The van der Waals surface area contributed by atoms with E-state index < -0.39 is 0 Å². The molecule has 4 rings (SSSR count). The summed E-state index contributed by atoms with van der Waals surface area (Å²) in [7, 11) is 3.48. The fourth-order valence-corrected chi connectivity index (χ4v) is 6.21. The topological polar surface area (TPSA) is 62.0 Å². The summed E-state index contributed by atoms with van der Waals surface area (Å²) in [5.74, 6) is 1.93. The molecule has 2 aromatic rings. The highest BCUT2D eigenvalue weighted by Gasteiger charge is 2.38. The van der Waals surface area contributed by atoms with Gasteiger partial charge in [0.25, 0.3) is 0 Å². The number of epoxide rings is 2. The average Bonchev–Trinajstić information content (AvgIpc) is 3.86. The molecule has 0 amide bonds. The van der Waals surface area contributed by atoms with E-state index >= 15 is 0 Å². The molecule has 0 saturated carbocycles. The minimum atomic E-state index is -0.315. The predicted molar refractivity (Wildman–Crippen MR) is 192 cm³/mol. The molecule has 0 aromatic heterocycles. The number of hydrogen-bond donors (Lipinski definition) is 0. The first kappa shape index (κ1) is 37.7. The van der Waals surface area contributed by atoms with E-state index in [1.807, 2.05) is 0 Å². The number of benzene rings is 2. The normalized spacial score (nSPS) is 20.2. The lowest BCUT2D eigenvalue weighted by Gasteiger charge is -2.37. The van der Waals surface area contributed by atoms with Crippen LogP contribution in [0.4, 0.5) is 0 Å². The van der Waals surface area contributed by atoms with Gasteiger partial charge in [-0.05, 0) is 32.8 Å². The molecule has 2 aliphatic heterocycles. The molecule has 2 saturated heterocycles. The van der Waals surface area contributed by atoms with Gasteiger partial charge in [-0.25, -0.2) is 0 Å². The van der Waals surface area contributed by atoms with Crippen molar-refractivity contribution in [3.8, 4) is 11.5 Å². The summed E-state index contributed by atoms with van der Waals surface area (Å²) in [5.41, 5.74) is 6.48. The molecule has 0 aliphatic carbocycles. The Balaban J connectivity index is 1.89. The maximum Gasteiger partial charge on any atom is 0.126 e. The molecule has 0 spiro atoms. The van der Waals surface area contributed by atoms with Gasteiger partial charge in [-0.2, -0.15) is 0 Å². The zero-order chi connectivity index (χ0) is 35.3. The van der Waals surface area contributed by atoms with Crippen molar-refractivity contribution in [1.29, 1.82) is 0 Å². The third kappa shape index (κ3) is 8.73. The molecule has 2 heterocycles. The molecule has 47 heavy (non-hydrogen) atoms. The van der Waals surface area contributed by atoms with Crippen molar-refractivity contribution < 1.29 is 28.4 Å². The third-order valence-electron chi connectivity index (χ3n) is 9.79. The van der Waals surface area contributed by atoms with Crippen molar-refractivity contribution in [3.05, 3.63) is 57.6 Å². The molecule has 4 atom stereocenters. The lowest BCUT2D eigenvalue weighted by Crippen LogP contribution is -2.30. The van der Waals surface area contributed by atoms with Gasteiger partial charge in [-0.1, -0.05) is 121 Å². The number of methoxy groups -OCH3 is 2. The van der Waals surface area contributed by atoms with Crippen LogP contribution >= 0.6 is 0 Å². The fourth-order valence-electron chi connectivity index (χ4n) is 6.21. The first-order chi connectivity index (χ1) is 21.5. The first-order valence-corrected chi connectivity index (χ1v) is 17.4. The van der Waals surface area contributed by atoms with Crippen LogP contribution in [0.25, 0.3) is 0 Å². The van der Waals surface area contributed by atoms with Crippen LogP contribution in [0.2, 0.25) is 0 Å². The van der Waals surface area contributed by atoms with Crippen LogP contribution in [0.1, 0.15) is 130 Å². The molecule has 0 bridgehead atoms. The molecule has 6 nitrogen and oxygen atoms in total. The van der Waals surface area contributed by atoms with Gasteiger partial charge in [0.1, 0.15) is 49.1 Å². The number of rotatable bonds is 12. The van der Waals surface area contributed by atoms with E-state index in [2.05, 4.69) is 121 Å². The van der Waals surface area contributed by atoms with Gasteiger partial charge < -0.3 is 28.4 Å². The van der Waals surface area contributed by atoms with Crippen LogP contribution in [0.5, 0.6) is 11.5 Å². The lowest BCUT2D eigenvalue weighted by molar-refractivity contribution is 0.0363. The van der Waals surface area contributed by atoms with Crippen molar-refractivity contribution in [2.45, 2.75) is 148 Å². The van der Waals surface area contributed by atoms with E-state index in [4.69, 9.17) is 28.4 Å². The SMILES string of the molecule is COC(COc1c(C(C)(C)C)cc(C(C)(C)c2cc(C(C)(C)C)c(OCC(OC)C3CO3)c(C(C)(C)C)c2)cc1C(C)(C)C)C1CO1. The summed E-state index contributed by atoms with van der Waals surface area (Å²) in [6.45, 7) is 34.4. The van der Waals surface area contributed by atoms with Crippen LogP contribution in [-0.4, -0.2) is 65.1 Å². The molecule has 4 unspecified atom stereocenters. The predicted octanol–water partition coefficient (Wildman–Crippen LogP) is 8.79. The van der Waals surface area contributed by atoms with Gasteiger partial charge >= 0.3 is 0 Å². The molecular formula is C41H64O6. The Morgan fingerprint density at radius 3 is 0.979 bits per heavy atom. The molecular weight excluding hydrogens is 588 g/mol. The minimum Gasteiger partial charge on any atom is -0.490 e. The van der Waals surface area contributed by atoms with Crippen LogP contribution in [0, 0.1) is 0 Å². The zero-order valence-corrected chi connectivity index (χ0v) is 32.4. The zero-order valence-electron chi connectivity index (χ0n) is 32.4. The van der Waals surface area contributed by atoms with E-state index in [0.29, 0.717) is 13.2 Å². The highest BCUT2D eigenvalue weighted by atomic mass is 16.6. The Labute approximate surface area is 286 Å². The van der Waals surface area contributed by atoms with E-state index in [-0.39, 0.29) is 51.5 Å². The van der Waals surface area contributed by atoms with E-state index in [9.17, 15) is 0 Å². The lowest BCUT2D eigenvalue weighted by atomic mass is 9.69. The van der Waals surface area contributed by atoms with E-state index in [1.165, 1.54) is 33.4 Å². The van der Waals surface area contributed by atoms with Crippen molar-refractivity contribution >= 4 is 0 Å². The summed E-state index contributed by atoms with van der Waals surface area (Å²) in [6, 6.07) is 9.54. The standard InChI is InChI=1S/C41H64O6/c1-37(2,3)27-17-25(18-28(38(4,5)6)35(27)46-21-31(42-15)33-23-44-33)41(13,14)26-19-29(39(7,8)9)36(30(20-26)40(10,11)12)47-22-32(43-16)34-24-45-34/h17-20,31-34H,21-24H2,1-16H3. The molecule has 2 fully saturated rings. The van der Waals surface area contributed by atoms with Crippen LogP contribution in [0.3, 0.4) is 0 Å². The van der Waals surface area contributed by atoms with Gasteiger partial charge in [0.05, 0.1) is 13.2 Å². The largest absolute Gasteiger partial charge is 0.490 e. The van der Waals surface area contributed by atoms with Crippen molar-refractivity contribution in [2.75, 3.05) is 40.6 Å². The maximum atomic E-state index is 6.73. The van der Waals surface area contributed by atoms with E-state index in [0.717, 1.165) is 24.7 Å². The van der Waals surface area contributed by atoms with E-state index in [1.54, 1.807) is 14.2 Å². The second-order valence-corrected chi connectivity index (χ2v) is 18.3. The second kappa shape index (κ2) is 13.3. The van der Waals surface area contributed by atoms with Gasteiger partial charge in [-0.3, -0.25) is 0 Å². The number of ether oxygens (including phenoxy) is 6. The van der Waals surface area contributed by atoms with Gasteiger partial charge in [0.2, 0.25) is 0 Å². The smallest absolute Gasteiger partial charge is 0.126 e. The highest BCUT2D eigenvalue weighted by molar-refractivity contribution is 5.57. The molecule has 0 N–H and O–H groups in total. The van der Waals surface area contributed by atoms with Crippen molar-refractivity contribution in [1.82, 2.24) is 0 Å². The Hall–Kier alpha value is -2.12. The monoisotopic (exact) mass is 652 g/mol. The maximum absolute atomic E-state index is 6.73. The van der Waals surface area contributed by atoms with Gasteiger partial charge in [0, 0.05) is 41.9 Å². The Morgan fingerprint density at radius 2 is 0.787 bits per heavy atom. The summed E-state index contributed by atoms with van der Waals surface area (Å²) in [4.78, 5) is 0. The molecule has 6 heteroatoms. The fraction of sp³-hybridized carbons (Fsp3) is 0.707. The average molecular weight is 653 g/mol.